The standard InChI is InChI=1S/C11H15N3O2S/c1-6-8(12)4-9(17-6)11(16)13-5-10(15)14-7-2-3-7/h4,7H,2-3,5,12H2,1H3,(H,13,16)(H,14,15). The summed E-state index contributed by atoms with van der Waals surface area (Å²) in [5, 5.41) is 5.38. The molecule has 1 saturated carbocycles. The molecule has 0 atom stereocenters. The van der Waals surface area contributed by atoms with Crippen molar-refractivity contribution in [3.63, 3.8) is 0 Å². The minimum atomic E-state index is -0.249. The van der Waals surface area contributed by atoms with Crippen molar-refractivity contribution in [2.24, 2.45) is 0 Å². The number of nitrogen functional groups attached to an aromatic ring is 1. The van der Waals surface area contributed by atoms with Gasteiger partial charge in [0.2, 0.25) is 5.91 Å². The van der Waals surface area contributed by atoms with Crippen molar-refractivity contribution in [2.45, 2.75) is 25.8 Å². The summed E-state index contributed by atoms with van der Waals surface area (Å²) in [6, 6.07) is 1.95. The Morgan fingerprint density at radius 3 is 2.76 bits per heavy atom. The average Bonchev–Trinajstić information content (AvgIpc) is 3.02. The first-order chi connectivity index (χ1) is 8.06. The molecule has 4 N–H and O–H groups in total. The fourth-order valence-corrected chi connectivity index (χ4v) is 2.22. The molecule has 1 aliphatic carbocycles. The zero-order chi connectivity index (χ0) is 12.4. The molecule has 0 saturated heterocycles. The highest BCUT2D eigenvalue weighted by Crippen LogP contribution is 2.23. The van der Waals surface area contributed by atoms with E-state index in [-0.39, 0.29) is 18.4 Å². The fourth-order valence-electron chi connectivity index (χ4n) is 1.36. The number of thiophene rings is 1. The second kappa shape index (κ2) is 4.75. The molecule has 0 aliphatic heterocycles. The number of aryl methyl sites for hydroxylation is 1. The van der Waals surface area contributed by atoms with Crippen LogP contribution in [0.5, 0.6) is 0 Å². The van der Waals surface area contributed by atoms with E-state index in [1.165, 1.54) is 11.3 Å². The third-order valence-corrected chi connectivity index (χ3v) is 3.60. The predicted molar refractivity (Wildman–Crippen MR) is 67.0 cm³/mol. The molecule has 2 amide bonds. The Balaban J connectivity index is 1.81. The normalized spacial score (nSPS) is 14.4. The molecule has 2 rings (SSSR count). The van der Waals surface area contributed by atoms with Gasteiger partial charge in [-0.25, -0.2) is 0 Å². The van der Waals surface area contributed by atoms with Gasteiger partial charge in [0.25, 0.3) is 5.91 Å². The van der Waals surface area contributed by atoms with E-state index in [2.05, 4.69) is 10.6 Å². The van der Waals surface area contributed by atoms with Gasteiger partial charge in [0, 0.05) is 16.6 Å². The van der Waals surface area contributed by atoms with E-state index in [0.717, 1.165) is 17.7 Å². The summed E-state index contributed by atoms with van der Waals surface area (Å²) in [6.45, 7) is 1.88. The first-order valence-corrected chi connectivity index (χ1v) is 6.31. The van der Waals surface area contributed by atoms with Crippen LogP contribution in [-0.2, 0) is 4.79 Å². The van der Waals surface area contributed by atoms with Gasteiger partial charge >= 0.3 is 0 Å². The van der Waals surface area contributed by atoms with Gasteiger partial charge in [-0.1, -0.05) is 0 Å². The van der Waals surface area contributed by atoms with E-state index in [1.807, 2.05) is 6.92 Å². The molecule has 0 spiro atoms. The van der Waals surface area contributed by atoms with Crippen molar-refractivity contribution in [1.82, 2.24) is 10.6 Å². The minimum Gasteiger partial charge on any atom is -0.398 e. The van der Waals surface area contributed by atoms with Crippen LogP contribution in [0, 0.1) is 6.92 Å². The number of carbonyl (C=O) groups is 2. The molecule has 1 aromatic rings. The number of nitrogens with two attached hydrogens (primary N) is 1. The molecule has 5 nitrogen and oxygen atoms in total. The lowest BCUT2D eigenvalue weighted by Gasteiger charge is -2.04. The number of rotatable bonds is 4. The fraction of sp³-hybridized carbons (Fsp3) is 0.455. The maximum atomic E-state index is 11.7. The maximum Gasteiger partial charge on any atom is 0.261 e. The van der Waals surface area contributed by atoms with E-state index in [9.17, 15) is 9.59 Å². The highest BCUT2D eigenvalue weighted by Gasteiger charge is 2.23. The molecule has 0 unspecified atom stereocenters. The SMILES string of the molecule is Cc1sc(C(=O)NCC(=O)NC2CC2)cc1N. The van der Waals surface area contributed by atoms with Crippen LogP contribution in [0.4, 0.5) is 5.69 Å². The van der Waals surface area contributed by atoms with Gasteiger partial charge in [-0.2, -0.15) is 0 Å². The lowest BCUT2D eigenvalue weighted by Crippen LogP contribution is -2.37. The van der Waals surface area contributed by atoms with Crippen molar-refractivity contribution in [2.75, 3.05) is 12.3 Å². The zero-order valence-corrected chi connectivity index (χ0v) is 10.4. The molecule has 1 fully saturated rings. The van der Waals surface area contributed by atoms with E-state index in [1.54, 1.807) is 6.07 Å². The van der Waals surface area contributed by atoms with Gasteiger partial charge in [-0.05, 0) is 25.8 Å². The maximum absolute atomic E-state index is 11.7. The molecule has 6 heteroatoms. The Morgan fingerprint density at radius 1 is 1.53 bits per heavy atom. The molecule has 17 heavy (non-hydrogen) atoms. The number of nitrogens with one attached hydrogen (secondary N) is 2. The lowest BCUT2D eigenvalue weighted by molar-refractivity contribution is -0.120. The smallest absolute Gasteiger partial charge is 0.261 e. The van der Waals surface area contributed by atoms with Gasteiger partial charge in [0.15, 0.2) is 0 Å². The van der Waals surface area contributed by atoms with E-state index >= 15 is 0 Å². The van der Waals surface area contributed by atoms with Crippen molar-refractivity contribution in [1.29, 1.82) is 0 Å². The zero-order valence-electron chi connectivity index (χ0n) is 9.58. The van der Waals surface area contributed by atoms with Gasteiger partial charge in [-0.3, -0.25) is 9.59 Å². The molecule has 0 bridgehead atoms. The van der Waals surface area contributed by atoms with Gasteiger partial charge in [0.05, 0.1) is 11.4 Å². The third-order valence-electron chi connectivity index (χ3n) is 2.53. The predicted octanol–water partition coefficient (Wildman–Crippen LogP) is 0.647. The summed E-state index contributed by atoms with van der Waals surface area (Å²) in [7, 11) is 0. The Bertz CT molecular complexity index is 432. The van der Waals surface area contributed by atoms with Crippen molar-refractivity contribution in [3.05, 3.63) is 15.8 Å². The molecule has 1 aliphatic rings. The van der Waals surface area contributed by atoms with Crippen molar-refractivity contribution < 1.29 is 9.59 Å². The highest BCUT2D eigenvalue weighted by molar-refractivity contribution is 7.14. The van der Waals surface area contributed by atoms with Crippen LogP contribution >= 0.6 is 11.3 Å². The second-order valence-corrected chi connectivity index (χ2v) is 5.40. The number of carbonyl (C=O) groups excluding carboxylic acids is 2. The minimum absolute atomic E-state index is 0.0200. The Kier molecular flexibility index (Phi) is 3.33. The second-order valence-electron chi connectivity index (χ2n) is 4.15. The Labute approximate surface area is 103 Å². The first kappa shape index (κ1) is 11.9. The summed E-state index contributed by atoms with van der Waals surface area (Å²) in [5.41, 5.74) is 6.27. The van der Waals surface area contributed by atoms with Gasteiger partial charge < -0.3 is 16.4 Å². The van der Waals surface area contributed by atoms with Crippen LogP contribution in [0.15, 0.2) is 6.07 Å². The summed E-state index contributed by atoms with van der Waals surface area (Å²) in [5.74, 6) is -0.386. The van der Waals surface area contributed by atoms with Crippen molar-refractivity contribution in [3.8, 4) is 0 Å². The van der Waals surface area contributed by atoms with Crippen LogP contribution < -0.4 is 16.4 Å². The molecule has 1 aromatic heterocycles. The van der Waals surface area contributed by atoms with Gasteiger partial charge in [-0.15, -0.1) is 11.3 Å². The van der Waals surface area contributed by atoms with Crippen LogP contribution in [0.3, 0.4) is 0 Å². The Hall–Kier alpha value is -1.56. The summed E-state index contributed by atoms with van der Waals surface area (Å²) in [6.07, 6.45) is 2.08. The summed E-state index contributed by atoms with van der Waals surface area (Å²) in [4.78, 5) is 24.5. The monoisotopic (exact) mass is 253 g/mol. The quantitative estimate of drug-likeness (QED) is 0.736. The molecular weight excluding hydrogens is 238 g/mol. The highest BCUT2D eigenvalue weighted by atomic mass is 32.1. The molecule has 0 radical (unpaired) electrons. The number of amides is 2. The van der Waals surface area contributed by atoms with E-state index in [0.29, 0.717) is 16.6 Å². The summed E-state index contributed by atoms with van der Waals surface area (Å²) >= 11 is 1.33. The lowest BCUT2D eigenvalue weighted by atomic mass is 10.3. The molecule has 1 heterocycles. The van der Waals surface area contributed by atoms with E-state index in [4.69, 9.17) is 5.73 Å². The topological polar surface area (TPSA) is 84.2 Å². The largest absolute Gasteiger partial charge is 0.398 e. The Morgan fingerprint density at radius 2 is 2.24 bits per heavy atom. The van der Waals surface area contributed by atoms with Crippen LogP contribution in [-0.4, -0.2) is 24.4 Å². The van der Waals surface area contributed by atoms with Crippen LogP contribution in [0.25, 0.3) is 0 Å². The molecule has 92 valence electrons. The van der Waals surface area contributed by atoms with E-state index < -0.39 is 0 Å². The average molecular weight is 253 g/mol. The molecule has 0 aromatic carbocycles. The van der Waals surface area contributed by atoms with Crippen LogP contribution in [0.2, 0.25) is 0 Å². The number of hydrogen-bond acceptors (Lipinski definition) is 4. The first-order valence-electron chi connectivity index (χ1n) is 5.49. The third kappa shape index (κ3) is 3.20. The number of hydrogen-bond donors (Lipinski definition) is 3. The molecular formula is C11H15N3O2S. The number of anilines is 1. The summed E-state index contributed by atoms with van der Waals surface area (Å²) < 4.78 is 0. The van der Waals surface area contributed by atoms with Crippen molar-refractivity contribution >= 4 is 28.8 Å². The van der Waals surface area contributed by atoms with Gasteiger partial charge in [0.1, 0.15) is 0 Å². The van der Waals surface area contributed by atoms with Crippen LogP contribution in [0.1, 0.15) is 27.4 Å².